The first-order valence-electron chi connectivity index (χ1n) is 9.96. The van der Waals surface area contributed by atoms with Gasteiger partial charge in [-0.05, 0) is 53.2 Å². The molecule has 10 heteroatoms. The standard InChI is InChI=1S/C20H28N8OS/c1-11(9-27(5)6)21-19(29)28-10-13-16(20(28,3)4)25-26-17(13)24-18-15-14(7-8-30-15)22-12(2)23-18/h7-8,11H,9-10H2,1-6H3,(H,21,29)(H2,22,23,24,25,26)/t11-/m0/s1. The number of thiophene rings is 1. The van der Waals surface area contributed by atoms with Crippen molar-refractivity contribution in [3.63, 3.8) is 0 Å². The molecule has 0 fully saturated rings. The van der Waals surface area contributed by atoms with Crippen molar-refractivity contribution in [2.24, 2.45) is 0 Å². The first kappa shape index (κ1) is 20.5. The topological polar surface area (TPSA) is 102 Å². The highest BCUT2D eigenvalue weighted by Gasteiger charge is 2.44. The number of H-pyrrole nitrogens is 1. The number of fused-ring (bicyclic) bond motifs is 2. The molecule has 0 aliphatic carbocycles. The van der Waals surface area contributed by atoms with Gasteiger partial charge in [0.15, 0.2) is 11.6 Å². The quantitative estimate of drug-likeness (QED) is 0.577. The maximum atomic E-state index is 13.0. The number of amides is 2. The fourth-order valence-electron chi connectivity index (χ4n) is 4.00. The third kappa shape index (κ3) is 3.61. The number of aromatic amines is 1. The van der Waals surface area contributed by atoms with Crippen LogP contribution in [0.15, 0.2) is 11.4 Å². The van der Waals surface area contributed by atoms with Gasteiger partial charge in [0, 0.05) is 18.2 Å². The smallest absolute Gasteiger partial charge is 0.318 e. The number of hydrogen-bond donors (Lipinski definition) is 3. The number of urea groups is 1. The Kier molecular flexibility index (Phi) is 5.15. The van der Waals surface area contributed by atoms with E-state index in [1.54, 1.807) is 11.3 Å². The highest BCUT2D eigenvalue weighted by Crippen LogP contribution is 2.41. The summed E-state index contributed by atoms with van der Waals surface area (Å²) in [5, 5.41) is 16.1. The van der Waals surface area contributed by atoms with Crippen molar-refractivity contribution in [3.05, 3.63) is 28.5 Å². The fourth-order valence-corrected chi connectivity index (χ4v) is 4.78. The lowest BCUT2D eigenvalue weighted by molar-refractivity contribution is 0.138. The Morgan fingerprint density at radius 1 is 1.37 bits per heavy atom. The maximum absolute atomic E-state index is 13.0. The zero-order valence-electron chi connectivity index (χ0n) is 18.2. The number of nitrogens with one attached hydrogen (secondary N) is 3. The van der Waals surface area contributed by atoms with Crippen LogP contribution in [0.3, 0.4) is 0 Å². The molecule has 0 saturated carbocycles. The molecular weight excluding hydrogens is 400 g/mol. The van der Waals surface area contributed by atoms with Crippen molar-refractivity contribution in [1.29, 1.82) is 0 Å². The average Bonchev–Trinajstić information content (AvgIpc) is 3.30. The van der Waals surface area contributed by atoms with E-state index < -0.39 is 5.54 Å². The predicted octanol–water partition coefficient (Wildman–Crippen LogP) is 3.18. The number of aromatic nitrogens is 4. The summed E-state index contributed by atoms with van der Waals surface area (Å²) in [7, 11) is 3.99. The molecule has 0 radical (unpaired) electrons. The number of likely N-dealkylation sites (N-methyl/N-ethyl adjacent to an activating group) is 1. The number of anilines is 2. The van der Waals surface area contributed by atoms with Gasteiger partial charge < -0.3 is 20.4 Å². The second-order valence-corrected chi connectivity index (χ2v) is 9.48. The van der Waals surface area contributed by atoms with Crippen molar-refractivity contribution in [3.8, 4) is 0 Å². The van der Waals surface area contributed by atoms with E-state index in [0.29, 0.717) is 18.2 Å². The van der Waals surface area contributed by atoms with Gasteiger partial charge in [-0.2, -0.15) is 5.10 Å². The molecular formula is C20H28N8OS. The van der Waals surface area contributed by atoms with Crippen LogP contribution in [0.5, 0.6) is 0 Å². The van der Waals surface area contributed by atoms with Gasteiger partial charge >= 0.3 is 6.03 Å². The van der Waals surface area contributed by atoms with Crippen LogP contribution in [0.4, 0.5) is 16.4 Å². The molecule has 1 aliphatic heterocycles. The van der Waals surface area contributed by atoms with Gasteiger partial charge in [-0.1, -0.05) is 0 Å². The molecule has 4 rings (SSSR count). The molecule has 1 aliphatic rings. The molecule has 3 N–H and O–H groups in total. The van der Waals surface area contributed by atoms with Crippen molar-refractivity contribution < 1.29 is 4.79 Å². The lowest BCUT2D eigenvalue weighted by Gasteiger charge is -2.33. The van der Waals surface area contributed by atoms with Gasteiger partial charge in [-0.15, -0.1) is 11.3 Å². The van der Waals surface area contributed by atoms with E-state index in [4.69, 9.17) is 0 Å². The fraction of sp³-hybridized carbons (Fsp3) is 0.500. The molecule has 160 valence electrons. The Hall–Kier alpha value is -2.72. The van der Waals surface area contributed by atoms with E-state index in [2.05, 4.69) is 35.7 Å². The number of rotatable bonds is 5. The maximum Gasteiger partial charge on any atom is 0.318 e. The van der Waals surface area contributed by atoms with Crippen molar-refractivity contribution in [2.45, 2.75) is 45.8 Å². The van der Waals surface area contributed by atoms with Crippen LogP contribution in [0.1, 0.15) is 37.9 Å². The normalized spacial score (nSPS) is 16.2. The highest BCUT2D eigenvalue weighted by molar-refractivity contribution is 7.17. The van der Waals surface area contributed by atoms with Gasteiger partial charge in [-0.3, -0.25) is 5.10 Å². The Labute approximate surface area is 179 Å². The number of hydrogen-bond acceptors (Lipinski definition) is 7. The zero-order valence-corrected chi connectivity index (χ0v) is 19.0. The van der Waals surface area contributed by atoms with E-state index in [-0.39, 0.29) is 12.1 Å². The summed E-state index contributed by atoms with van der Waals surface area (Å²) in [6.45, 7) is 9.20. The molecule has 3 aromatic rings. The van der Waals surface area contributed by atoms with E-state index in [9.17, 15) is 4.79 Å². The molecule has 3 aromatic heterocycles. The Balaban J connectivity index is 1.58. The first-order chi connectivity index (χ1) is 14.2. The Morgan fingerprint density at radius 3 is 2.87 bits per heavy atom. The van der Waals surface area contributed by atoms with Crippen LogP contribution < -0.4 is 10.6 Å². The molecule has 30 heavy (non-hydrogen) atoms. The minimum absolute atomic E-state index is 0.0501. The van der Waals surface area contributed by atoms with Crippen LogP contribution >= 0.6 is 11.3 Å². The molecule has 0 bridgehead atoms. The molecule has 9 nitrogen and oxygen atoms in total. The summed E-state index contributed by atoms with van der Waals surface area (Å²) < 4.78 is 0.988. The summed E-state index contributed by atoms with van der Waals surface area (Å²) >= 11 is 1.59. The minimum atomic E-state index is -0.496. The molecule has 0 unspecified atom stereocenters. The van der Waals surface area contributed by atoms with Crippen LogP contribution in [0, 0.1) is 6.92 Å². The molecule has 0 aromatic carbocycles. The van der Waals surface area contributed by atoms with Crippen LogP contribution in [0.2, 0.25) is 0 Å². The first-order valence-corrected chi connectivity index (χ1v) is 10.8. The molecule has 4 heterocycles. The average molecular weight is 429 g/mol. The molecule has 0 spiro atoms. The SMILES string of the molecule is Cc1nc(Nc2n[nH]c3c2CN(C(=O)N[C@@H](C)CN(C)C)C3(C)C)c2sccc2n1. The second kappa shape index (κ2) is 7.51. The minimum Gasteiger partial charge on any atom is -0.334 e. The van der Waals surface area contributed by atoms with Gasteiger partial charge in [0.1, 0.15) is 5.82 Å². The Morgan fingerprint density at radius 2 is 2.13 bits per heavy atom. The summed E-state index contributed by atoms with van der Waals surface area (Å²) in [5.74, 6) is 2.14. The zero-order chi connectivity index (χ0) is 21.6. The lowest BCUT2D eigenvalue weighted by atomic mass is 10.0. The molecule has 0 saturated heterocycles. The third-order valence-corrected chi connectivity index (χ3v) is 6.29. The summed E-state index contributed by atoms with van der Waals surface area (Å²) in [6.07, 6.45) is 0. The largest absolute Gasteiger partial charge is 0.334 e. The van der Waals surface area contributed by atoms with E-state index in [1.807, 2.05) is 58.1 Å². The second-order valence-electron chi connectivity index (χ2n) is 8.56. The van der Waals surface area contributed by atoms with Crippen LogP contribution in [-0.2, 0) is 12.1 Å². The van der Waals surface area contributed by atoms with E-state index in [0.717, 1.165) is 33.8 Å². The van der Waals surface area contributed by atoms with Crippen LogP contribution in [-0.4, -0.2) is 62.7 Å². The lowest BCUT2D eigenvalue weighted by Crippen LogP contribution is -2.50. The monoisotopic (exact) mass is 428 g/mol. The number of carbonyl (C=O) groups excluding carboxylic acids is 1. The summed E-state index contributed by atoms with van der Waals surface area (Å²) in [5.41, 5.74) is 2.34. The van der Waals surface area contributed by atoms with Crippen molar-refractivity contribution in [1.82, 2.24) is 35.3 Å². The number of nitrogens with zero attached hydrogens (tertiary/aromatic N) is 5. The van der Waals surface area contributed by atoms with Gasteiger partial charge in [0.05, 0.1) is 28.0 Å². The summed E-state index contributed by atoms with van der Waals surface area (Å²) in [4.78, 5) is 25.9. The predicted molar refractivity (Wildman–Crippen MR) is 119 cm³/mol. The van der Waals surface area contributed by atoms with Gasteiger partial charge in [-0.25, -0.2) is 14.8 Å². The third-order valence-electron chi connectivity index (χ3n) is 5.38. The van der Waals surface area contributed by atoms with Crippen molar-refractivity contribution >= 4 is 39.2 Å². The van der Waals surface area contributed by atoms with Gasteiger partial charge in [0.25, 0.3) is 0 Å². The van der Waals surface area contributed by atoms with Crippen LogP contribution in [0.25, 0.3) is 10.2 Å². The molecule has 2 amide bonds. The highest BCUT2D eigenvalue weighted by atomic mass is 32.1. The molecule has 1 atom stereocenters. The van der Waals surface area contributed by atoms with E-state index >= 15 is 0 Å². The van der Waals surface area contributed by atoms with Crippen molar-refractivity contribution in [2.75, 3.05) is 26.0 Å². The van der Waals surface area contributed by atoms with Gasteiger partial charge in [0.2, 0.25) is 0 Å². The summed E-state index contributed by atoms with van der Waals surface area (Å²) in [6, 6.07) is 1.95. The number of carbonyl (C=O) groups is 1. The van der Waals surface area contributed by atoms with E-state index in [1.165, 1.54) is 0 Å². The Bertz CT molecular complexity index is 1090. The number of aryl methyl sites for hydroxylation is 1.